The molecular weight excluding hydrogens is 214 g/mol. The Hall–Kier alpha value is -1.29. The SMILES string of the molecule is CNCC1CCN(C(=O)c2cc[nH]c2C)CC1. The molecule has 2 heterocycles. The fraction of sp³-hybridized carbons (Fsp3) is 0.615. The van der Waals surface area contributed by atoms with E-state index in [1.165, 1.54) is 0 Å². The molecule has 0 atom stereocenters. The van der Waals surface area contributed by atoms with Crippen molar-refractivity contribution in [2.45, 2.75) is 19.8 Å². The number of H-pyrrole nitrogens is 1. The van der Waals surface area contributed by atoms with Crippen LogP contribution in [0.4, 0.5) is 0 Å². The summed E-state index contributed by atoms with van der Waals surface area (Å²) >= 11 is 0. The number of rotatable bonds is 3. The highest BCUT2D eigenvalue weighted by Crippen LogP contribution is 2.19. The van der Waals surface area contributed by atoms with Crippen LogP contribution < -0.4 is 5.32 Å². The Labute approximate surface area is 102 Å². The van der Waals surface area contributed by atoms with E-state index >= 15 is 0 Å². The van der Waals surface area contributed by atoms with Gasteiger partial charge in [0.2, 0.25) is 0 Å². The summed E-state index contributed by atoms with van der Waals surface area (Å²) in [6.45, 7) is 4.78. The van der Waals surface area contributed by atoms with Gasteiger partial charge in [-0.3, -0.25) is 4.79 Å². The zero-order valence-electron chi connectivity index (χ0n) is 10.6. The van der Waals surface area contributed by atoms with Crippen molar-refractivity contribution in [2.75, 3.05) is 26.7 Å². The maximum Gasteiger partial charge on any atom is 0.255 e. The highest BCUT2D eigenvalue weighted by atomic mass is 16.2. The fourth-order valence-corrected chi connectivity index (χ4v) is 2.48. The van der Waals surface area contributed by atoms with Crippen molar-refractivity contribution in [1.29, 1.82) is 0 Å². The quantitative estimate of drug-likeness (QED) is 0.832. The van der Waals surface area contributed by atoms with Gasteiger partial charge in [0, 0.05) is 25.0 Å². The number of hydrogen-bond acceptors (Lipinski definition) is 2. The van der Waals surface area contributed by atoms with Gasteiger partial charge in [0.1, 0.15) is 0 Å². The van der Waals surface area contributed by atoms with Crippen molar-refractivity contribution < 1.29 is 4.79 Å². The molecule has 1 aromatic heterocycles. The molecule has 0 unspecified atom stereocenters. The molecule has 17 heavy (non-hydrogen) atoms. The van der Waals surface area contributed by atoms with E-state index in [-0.39, 0.29) is 5.91 Å². The lowest BCUT2D eigenvalue weighted by atomic mass is 9.96. The molecule has 0 spiro atoms. The first-order valence-electron chi connectivity index (χ1n) is 6.30. The Bertz CT molecular complexity index is 378. The highest BCUT2D eigenvalue weighted by Gasteiger charge is 2.24. The fourth-order valence-electron chi connectivity index (χ4n) is 2.48. The van der Waals surface area contributed by atoms with Crippen LogP contribution in [0.5, 0.6) is 0 Å². The molecule has 94 valence electrons. The van der Waals surface area contributed by atoms with Crippen LogP contribution >= 0.6 is 0 Å². The first-order chi connectivity index (χ1) is 8.22. The molecule has 2 N–H and O–H groups in total. The van der Waals surface area contributed by atoms with Gasteiger partial charge in [0.15, 0.2) is 0 Å². The van der Waals surface area contributed by atoms with Crippen LogP contribution in [-0.2, 0) is 0 Å². The summed E-state index contributed by atoms with van der Waals surface area (Å²) in [6.07, 6.45) is 4.04. The minimum Gasteiger partial charge on any atom is -0.365 e. The maximum atomic E-state index is 12.2. The molecule has 0 radical (unpaired) electrons. The van der Waals surface area contributed by atoms with E-state index in [9.17, 15) is 4.79 Å². The third kappa shape index (κ3) is 2.69. The van der Waals surface area contributed by atoms with Gasteiger partial charge in [-0.25, -0.2) is 0 Å². The van der Waals surface area contributed by atoms with E-state index in [0.29, 0.717) is 0 Å². The number of aromatic amines is 1. The van der Waals surface area contributed by atoms with Gasteiger partial charge < -0.3 is 15.2 Å². The van der Waals surface area contributed by atoms with Crippen molar-refractivity contribution in [3.05, 3.63) is 23.5 Å². The first-order valence-corrected chi connectivity index (χ1v) is 6.30. The molecule has 0 aliphatic carbocycles. The van der Waals surface area contributed by atoms with E-state index in [2.05, 4.69) is 10.3 Å². The van der Waals surface area contributed by atoms with E-state index in [4.69, 9.17) is 0 Å². The Kier molecular flexibility index (Phi) is 3.84. The van der Waals surface area contributed by atoms with Crippen molar-refractivity contribution in [2.24, 2.45) is 5.92 Å². The van der Waals surface area contributed by atoms with Gasteiger partial charge in [-0.2, -0.15) is 0 Å². The van der Waals surface area contributed by atoms with Crippen LogP contribution in [0.3, 0.4) is 0 Å². The molecule has 0 bridgehead atoms. The predicted molar refractivity (Wildman–Crippen MR) is 68.1 cm³/mol. The normalized spacial score (nSPS) is 17.4. The first kappa shape index (κ1) is 12.2. The third-order valence-electron chi connectivity index (χ3n) is 3.58. The third-order valence-corrected chi connectivity index (χ3v) is 3.58. The molecule has 1 aliphatic heterocycles. The topological polar surface area (TPSA) is 48.1 Å². The summed E-state index contributed by atoms with van der Waals surface area (Å²) in [6, 6.07) is 1.87. The number of amides is 1. The summed E-state index contributed by atoms with van der Waals surface area (Å²) in [7, 11) is 1.99. The van der Waals surface area contributed by atoms with Gasteiger partial charge in [-0.1, -0.05) is 0 Å². The van der Waals surface area contributed by atoms with E-state index in [1.54, 1.807) is 0 Å². The minimum absolute atomic E-state index is 0.173. The van der Waals surface area contributed by atoms with E-state index in [1.807, 2.05) is 31.1 Å². The van der Waals surface area contributed by atoms with Gasteiger partial charge in [0.05, 0.1) is 5.56 Å². The van der Waals surface area contributed by atoms with Gasteiger partial charge in [-0.05, 0) is 45.3 Å². The van der Waals surface area contributed by atoms with E-state index < -0.39 is 0 Å². The molecular formula is C13H21N3O. The van der Waals surface area contributed by atoms with Crippen LogP contribution in [0.2, 0.25) is 0 Å². The van der Waals surface area contributed by atoms with Crippen molar-refractivity contribution >= 4 is 5.91 Å². The number of piperidine rings is 1. The summed E-state index contributed by atoms with van der Waals surface area (Å²) in [4.78, 5) is 17.3. The highest BCUT2D eigenvalue weighted by molar-refractivity contribution is 5.95. The Morgan fingerprint density at radius 2 is 2.24 bits per heavy atom. The second-order valence-electron chi connectivity index (χ2n) is 4.81. The largest absolute Gasteiger partial charge is 0.365 e. The maximum absolute atomic E-state index is 12.2. The number of carbonyl (C=O) groups excluding carboxylic acids is 1. The predicted octanol–water partition coefficient (Wildman–Crippen LogP) is 1.39. The molecule has 4 heteroatoms. The van der Waals surface area contributed by atoms with Crippen LogP contribution in [0.1, 0.15) is 28.9 Å². The van der Waals surface area contributed by atoms with Crippen molar-refractivity contribution in [3.63, 3.8) is 0 Å². The van der Waals surface area contributed by atoms with Crippen LogP contribution in [-0.4, -0.2) is 42.5 Å². The molecule has 0 saturated carbocycles. The van der Waals surface area contributed by atoms with Crippen molar-refractivity contribution in [1.82, 2.24) is 15.2 Å². The summed E-state index contributed by atoms with van der Waals surface area (Å²) in [5, 5.41) is 3.21. The molecule has 1 aliphatic rings. The molecule has 1 fully saturated rings. The molecule has 1 amide bonds. The standard InChI is InChI=1S/C13H21N3O/c1-10-12(3-6-15-10)13(17)16-7-4-11(5-8-16)9-14-2/h3,6,11,14-15H,4-5,7-9H2,1-2H3. The molecule has 4 nitrogen and oxygen atoms in total. The summed E-state index contributed by atoms with van der Waals surface area (Å²) < 4.78 is 0. The molecule has 1 aromatic rings. The van der Waals surface area contributed by atoms with Gasteiger partial charge in [-0.15, -0.1) is 0 Å². The number of nitrogens with one attached hydrogen (secondary N) is 2. The lowest BCUT2D eigenvalue weighted by Gasteiger charge is -2.32. The number of aromatic nitrogens is 1. The molecule has 1 saturated heterocycles. The molecule has 0 aromatic carbocycles. The lowest BCUT2D eigenvalue weighted by Crippen LogP contribution is -2.40. The van der Waals surface area contributed by atoms with Crippen LogP contribution in [0.15, 0.2) is 12.3 Å². The number of carbonyl (C=O) groups is 1. The Morgan fingerprint density at radius 1 is 1.53 bits per heavy atom. The molecule has 2 rings (SSSR count). The number of likely N-dealkylation sites (tertiary alicyclic amines) is 1. The van der Waals surface area contributed by atoms with Gasteiger partial charge >= 0.3 is 0 Å². The second kappa shape index (κ2) is 5.36. The smallest absolute Gasteiger partial charge is 0.255 e. The summed E-state index contributed by atoms with van der Waals surface area (Å²) in [5.41, 5.74) is 1.78. The van der Waals surface area contributed by atoms with E-state index in [0.717, 1.165) is 49.7 Å². The number of nitrogens with zero attached hydrogens (tertiary/aromatic N) is 1. The lowest BCUT2D eigenvalue weighted by molar-refractivity contribution is 0.0690. The summed E-state index contributed by atoms with van der Waals surface area (Å²) in [5.74, 6) is 0.892. The Balaban J connectivity index is 1.93. The van der Waals surface area contributed by atoms with Crippen molar-refractivity contribution in [3.8, 4) is 0 Å². The van der Waals surface area contributed by atoms with Crippen LogP contribution in [0.25, 0.3) is 0 Å². The Morgan fingerprint density at radius 3 is 2.76 bits per heavy atom. The average Bonchev–Trinajstić information content (AvgIpc) is 2.76. The van der Waals surface area contributed by atoms with Crippen LogP contribution in [0, 0.1) is 12.8 Å². The monoisotopic (exact) mass is 235 g/mol. The zero-order chi connectivity index (χ0) is 12.3. The second-order valence-corrected chi connectivity index (χ2v) is 4.81. The number of aryl methyl sites for hydroxylation is 1. The zero-order valence-corrected chi connectivity index (χ0v) is 10.6. The van der Waals surface area contributed by atoms with Gasteiger partial charge in [0.25, 0.3) is 5.91 Å². The minimum atomic E-state index is 0.173. The average molecular weight is 235 g/mol. The number of hydrogen-bond donors (Lipinski definition) is 2.